The molecule has 2 aliphatic rings. The number of aliphatic carboxylic acids is 1. The number of aromatic nitrogens is 2. The number of piperidine rings is 1. The van der Waals surface area contributed by atoms with Crippen molar-refractivity contribution in [3.63, 3.8) is 0 Å². The number of nitrogens with zero attached hydrogens (tertiary/aromatic N) is 3. The minimum Gasteiger partial charge on any atom is -0.481 e. The minimum atomic E-state index is -0.676. The molecule has 2 fully saturated rings. The van der Waals surface area contributed by atoms with Crippen LogP contribution < -0.4 is 0 Å². The summed E-state index contributed by atoms with van der Waals surface area (Å²) in [5, 5.41) is 12.5. The molecule has 6 nitrogen and oxygen atoms in total. The summed E-state index contributed by atoms with van der Waals surface area (Å²) in [6.07, 6.45) is 6.02. The van der Waals surface area contributed by atoms with Crippen molar-refractivity contribution in [3.8, 4) is 0 Å². The van der Waals surface area contributed by atoms with Gasteiger partial charge in [-0.1, -0.05) is 5.16 Å². The van der Waals surface area contributed by atoms with Crippen LogP contribution in [0.3, 0.4) is 0 Å². The van der Waals surface area contributed by atoms with Gasteiger partial charge in [0.05, 0.1) is 6.54 Å². The van der Waals surface area contributed by atoms with E-state index in [1.54, 1.807) is 0 Å². The number of carboxylic acid groups (broad SMARTS) is 1. The molecule has 1 N–H and O–H groups in total. The summed E-state index contributed by atoms with van der Waals surface area (Å²) < 4.78 is 5.06. The molecule has 18 heavy (non-hydrogen) atoms. The van der Waals surface area contributed by atoms with Gasteiger partial charge in [0.15, 0.2) is 6.33 Å². The van der Waals surface area contributed by atoms with Gasteiger partial charge >= 0.3 is 5.97 Å². The Bertz CT molecular complexity index is 406. The maximum absolute atomic E-state index is 10.8. The first-order chi connectivity index (χ1) is 8.72. The first kappa shape index (κ1) is 11.6. The molecule has 0 saturated carbocycles. The molecular formula is C12H17N3O3. The zero-order valence-electron chi connectivity index (χ0n) is 10.2. The third-order valence-corrected chi connectivity index (χ3v) is 4.17. The highest BCUT2D eigenvalue weighted by Crippen LogP contribution is 2.40. The Morgan fingerprint density at radius 2 is 2.17 bits per heavy atom. The van der Waals surface area contributed by atoms with E-state index in [0.717, 1.165) is 25.7 Å². The largest absolute Gasteiger partial charge is 0.481 e. The molecule has 0 amide bonds. The molecule has 3 rings (SSSR count). The van der Waals surface area contributed by atoms with Crippen LogP contribution in [0, 0.1) is 5.92 Å². The predicted molar refractivity (Wildman–Crippen MR) is 61.6 cm³/mol. The number of fused-ring (bicyclic) bond motifs is 2. The van der Waals surface area contributed by atoms with E-state index in [0.29, 0.717) is 36.9 Å². The van der Waals surface area contributed by atoms with Gasteiger partial charge in [0, 0.05) is 18.5 Å². The highest BCUT2D eigenvalue weighted by molar-refractivity contribution is 5.67. The first-order valence-electron chi connectivity index (χ1n) is 6.45. The molecular weight excluding hydrogens is 234 g/mol. The van der Waals surface area contributed by atoms with Gasteiger partial charge < -0.3 is 9.63 Å². The van der Waals surface area contributed by atoms with Crippen LogP contribution in [-0.4, -0.2) is 38.2 Å². The quantitative estimate of drug-likeness (QED) is 0.868. The number of carbonyl (C=O) groups is 1. The number of hydrogen-bond acceptors (Lipinski definition) is 5. The molecule has 2 atom stereocenters. The standard InChI is InChI=1S/C12H17N3O3/c16-12(17)5-8-3-9-1-2-10(4-8)15(9)6-11-13-7-14-18-11/h7-10H,1-6H2,(H,16,17). The van der Waals surface area contributed by atoms with E-state index in [2.05, 4.69) is 15.0 Å². The Hall–Kier alpha value is -1.43. The van der Waals surface area contributed by atoms with Crippen molar-refractivity contribution >= 4 is 5.97 Å². The van der Waals surface area contributed by atoms with E-state index in [-0.39, 0.29) is 0 Å². The van der Waals surface area contributed by atoms with Gasteiger partial charge in [-0.05, 0) is 31.6 Å². The van der Waals surface area contributed by atoms with Crippen LogP contribution >= 0.6 is 0 Å². The van der Waals surface area contributed by atoms with Gasteiger partial charge in [-0.2, -0.15) is 4.98 Å². The second kappa shape index (κ2) is 4.68. The van der Waals surface area contributed by atoms with E-state index in [9.17, 15) is 4.79 Å². The van der Waals surface area contributed by atoms with Crippen molar-refractivity contribution in [2.45, 2.75) is 50.7 Å². The monoisotopic (exact) mass is 251 g/mol. The average Bonchev–Trinajstić information content (AvgIpc) is 2.88. The van der Waals surface area contributed by atoms with Crippen LogP contribution in [0.2, 0.25) is 0 Å². The molecule has 1 aromatic rings. The summed E-state index contributed by atoms with van der Waals surface area (Å²) in [5.41, 5.74) is 0. The van der Waals surface area contributed by atoms with Crippen LogP contribution in [0.25, 0.3) is 0 Å². The Morgan fingerprint density at radius 1 is 1.44 bits per heavy atom. The fraction of sp³-hybridized carbons (Fsp3) is 0.750. The molecule has 2 saturated heterocycles. The summed E-state index contributed by atoms with van der Waals surface area (Å²) in [6.45, 7) is 0.703. The minimum absolute atomic E-state index is 0.307. The number of carboxylic acids is 1. The van der Waals surface area contributed by atoms with Gasteiger partial charge in [-0.15, -0.1) is 0 Å². The van der Waals surface area contributed by atoms with Crippen molar-refractivity contribution in [2.75, 3.05) is 0 Å². The fourth-order valence-electron chi connectivity index (χ4n) is 3.48. The normalized spacial score (nSPS) is 31.7. The maximum atomic E-state index is 10.8. The van der Waals surface area contributed by atoms with E-state index < -0.39 is 5.97 Å². The van der Waals surface area contributed by atoms with Gasteiger partial charge in [0.25, 0.3) is 0 Å². The Labute approximate surface area is 105 Å². The third-order valence-electron chi connectivity index (χ3n) is 4.17. The van der Waals surface area contributed by atoms with Crippen LogP contribution in [0.1, 0.15) is 38.0 Å². The molecule has 2 aliphatic heterocycles. The van der Waals surface area contributed by atoms with Crippen molar-refractivity contribution in [3.05, 3.63) is 12.2 Å². The van der Waals surface area contributed by atoms with Gasteiger partial charge in [0.1, 0.15) is 0 Å². The van der Waals surface area contributed by atoms with Crippen molar-refractivity contribution in [2.24, 2.45) is 5.92 Å². The van der Waals surface area contributed by atoms with Crippen LogP contribution in [0.4, 0.5) is 0 Å². The van der Waals surface area contributed by atoms with Crippen molar-refractivity contribution < 1.29 is 14.4 Å². The average molecular weight is 251 g/mol. The SMILES string of the molecule is O=C(O)CC1CC2CCC(C1)N2Cc1ncno1. The second-order valence-electron chi connectivity index (χ2n) is 5.33. The lowest BCUT2D eigenvalue weighted by Crippen LogP contribution is -2.42. The van der Waals surface area contributed by atoms with Gasteiger partial charge in [-0.3, -0.25) is 9.69 Å². The molecule has 0 spiro atoms. The summed E-state index contributed by atoms with van der Waals surface area (Å²) in [6, 6.07) is 0.972. The number of hydrogen-bond donors (Lipinski definition) is 1. The molecule has 0 radical (unpaired) electrons. The third kappa shape index (κ3) is 2.25. The smallest absolute Gasteiger partial charge is 0.303 e. The molecule has 98 valence electrons. The summed E-state index contributed by atoms with van der Waals surface area (Å²) in [7, 11) is 0. The molecule has 2 bridgehead atoms. The highest BCUT2D eigenvalue weighted by Gasteiger charge is 2.41. The maximum Gasteiger partial charge on any atom is 0.303 e. The molecule has 1 aromatic heterocycles. The lowest BCUT2D eigenvalue weighted by atomic mass is 9.88. The highest BCUT2D eigenvalue weighted by atomic mass is 16.5. The Balaban J connectivity index is 1.64. The van der Waals surface area contributed by atoms with Crippen LogP contribution in [0.5, 0.6) is 0 Å². The van der Waals surface area contributed by atoms with Crippen molar-refractivity contribution in [1.82, 2.24) is 15.0 Å². The molecule has 6 heteroatoms. The van der Waals surface area contributed by atoms with Crippen LogP contribution in [-0.2, 0) is 11.3 Å². The van der Waals surface area contributed by atoms with E-state index >= 15 is 0 Å². The lowest BCUT2D eigenvalue weighted by Gasteiger charge is -2.37. The molecule has 2 unspecified atom stereocenters. The Kier molecular flexibility index (Phi) is 3.03. The van der Waals surface area contributed by atoms with Crippen molar-refractivity contribution in [1.29, 1.82) is 0 Å². The number of rotatable bonds is 4. The summed E-state index contributed by atoms with van der Waals surface area (Å²) in [5.74, 6) is 0.312. The second-order valence-corrected chi connectivity index (χ2v) is 5.33. The summed E-state index contributed by atoms with van der Waals surface area (Å²) in [4.78, 5) is 17.3. The van der Waals surface area contributed by atoms with Gasteiger partial charge in [0.2, 0.25) is 5.89 Å². The topological polar surface area (TPSA) is 79.5 Å². The molecule has 0 aliphatic carbocycles. The van der Waals surface area contributed by atoms with Crippen LogP contribution in [0.15, 0.2) is 10.9 Å². The van der Waals surface area contributed by atoms with E-state index in [1.165, 1.54) is 6.33 Å². The lowest BCUT2D eigenvalue weighted by molar-refractivity contribution is -0.138. The first-order valence-corrected chi connectivity index (χ1v) is 6.45. The molecule has 3 heterocycles. The van der Waals surface area contributed by atoms with E-state index in [1.807, 2.05) is 0 Å². The molecule has 0 aromatic carbocycles. The predicted octanol–water partition coefficient (Wildman–Crippen LogP) is 1.29. The zero-order chi connectivity index (χ0) is 12.5. The fourth-order valence-corrected chi connectivity index (χ4v) is 3.48. The summed E-state index contributed by atoms with van der Waals surface area (Å²) >= 11 is 0. The van der Waals surface area contributed by atoms with Gasteiger partial charge in [-0.25, -0.2) is 0 Å². The van der Waals surface area contributed by atoms with E-state index in [4.69, 9.17) is 9.63 Å². The Morgan fingerprint density at radius 3 is 2.72 bits per heavy atom. The zero-order valence-corrected chi connectivity index (χ0v) is 10.2.